The molecule has 0 aliphatic heterocycles. The Morgan fingerprint density at radius 3 is 3.00 bits per heavy atom. The number of hydrogen-bond acceptors (Lipinski definition) is 4. The minimum absolute atomic E-state index is 0.0335. The molecule has 0 bridgehead atoms. The van der Waals surface area contributed by atoms with Crippen LogP contribution in [0.2, 0.25) is 0 Å². The maximum absolute atomic E-state index is 11.9. The van der Waals surface area contributed by atoms with Gasteiger partial charge in [-0.1, -0.05) is 18.2 Å². The number of para-hydroxylation sites is 1. The summed E-state index contributed by atoms with van der Waals surface area (Å²) < 4.78 is 0. The molecule has 1 amide bonds. The average Bonchev–Trinajstić information content (AvgIpc) is 2.50. The molecule has 0 aliphatic rings. The number of benzene rings is 1. The first-order chi connectivity index (χ1) is 9.72. The van der Waals surface area contributed by atoms with Crippen LogP contribution in [-0.2, 0) is 4.79 Å². The molecule has 2 rings (SSSR count). The van der Waals surface area contributed by atoms with Crippen LogP contribution in [0, 0.1) is 11.3 Å². The molecule has 0 saturated heterocycles. The highest BCUT2D eigenvalue weighted by atomic mass is 32.2. The van der Waals surface area contributed by atoms with E-state index < -0.39 is 0 Å². The van der Waals surface area contributed by atoms with Gasteiger partial charge < -0.3 is 4.90 Å². The van der Waals surface area contributed by atoms with Gasteiger partial charge in [0.15, 0.2) is 0 Å². The van der Waals surface area contributed by atoms with Crippen LogP contribution in [0.15, 0.2) is 41.4 Å². The predicted molar refractivity (Wildman–Crippen MR) is 80.3 cm³/mol. The topological polar surface area (TPSA) is 57.0 Å². The van der Waals surface area contributed by atoms with Gasteiger partial charge in [-0.25, -0.2) is 0 Å². The Labute approximate surface area is 122 Å². The van der Waals surface area contributed by atoms with Gasteiger partial charge in [-0.2, -0.15) is 5.26 Å². The second kappa shape index (κ2) is 6.92. The van der Waals surface area contributed by atoms with Gasteiger partial charge in [-0.05, 0) is 12.1 Å². The van der Waals surface area contributed by atoms with Gasteiger partial charge >= 0.3 is 0 Å². The summed E-state index contributed by atoms with van der Waals surface area (Å²) in [5, 5.41) is 9.59. The highest BCUT2D eigenvalue weighted by molar-refractivity contribution is 8.00. The Hall–Kier alpha value is -2.06. The maximum Gasteiger partial charge on any atom is 0.232 e. The largest absolute Gasteiger partial charge is 0.344 e. The first-order valence-electron chi connectivity index (χ1n) is 6.30. The summed E-state index contributed by atoms with van der Waals surface area (Å²) in [6.45, 7) is 0.479. The van der Waals surface area contributed by atoms with Crippen molar-refractivity contribution in [2.24, 2.45) is 0 Å². The van der Waals surface area contributed by atoms with Crippen molar-refractivity contribution in [3.63, 3.8) is 0 Å². The van der Waals surface area contributed by atoms with E-state index in [0.29, 0.717) is 18.7 Å². The molecule has 5 heteroatoms. The zero-order chi connectivity index (χ0) is 14.4. The van der Waals surface area contributed by atoms with Crippen LogP contribution < -0.4 is 0 Å². The Bertz CT molecular complexity index is 646. The van der Waals surface area contributed by atoms with Gasteiger partial charge in [0.2, 0.25) is 5.91 Å². The molecule has 0 spiro atoms. The molecule has 0 aliphatic carbocycles. The number of carbonyl (C=O) groups is 1. The quantitative estimate of drug-likeness (QED) is 0.793. The first-order valence-corrected chi connectivity index (χ1v) is 7.28. The molecule has 0 fully saturated rings. The normalized spacial score (nSPS) is 10.2. The summed E-state index contributed by atoms with van der Waals surface area (Å²) in [5.74, 6) is 0.404. The molecule has 2 aromatic rings. The molecule has 0 radical (unpaired) electrons. The number of carbonyl (C=O) groups excluding carboxylic acids is 1. The van der Waals surface area contributed by atoms with Crippen molar-refractivity contribution in [3.8, 4) is 6.07 Å². The smallest absolute Gasteiger partial charge is 0.232 e. The van der Waals surface area contributed by atoms with E-state index in [1.807, 2.05) is 36.4 Å². The first kappa shape index (κ1) is 14.4. The lowest BCUT2D eigenvalue weighted by Crippen LogP contribution is -2.29. The molecule has 1 aromatic heterocycles. The Morgan fingerprint density at radius 2 is 2.20 bits per heavy atom. The van der Waals surface area contributed by atoms with Crippen molar-refractivity contribution >= 4 is 28.6 Å². The van der Waals surface area contributed by atoms with Crippen molar-refractivity contribution in [1.82, 2.24) is 9.88 Å². The molecule has 4 nitrogen and oxygen atoms in total. The van der Waals surface area contributed by atoms with Gasteiger partial charge in [-0.15, -0.1) is 11.8 Å². The zero-order valence-electron chi connectivity index (χ0n) is 11.2. The van der Waals surface area contributed by atoms with Crippen molar-refractivity contribution < 1.29 is 4.79 Å². The van der Waals surface area contributed by atoms with Crippen molar-refractivity contribution in [1.29, 1.82) is 5.26 Å². The van der Waals surface area contributed by atoms with E-state index in [1.54, 1.807) is 18.1 Å². The zero-order valence-corrected chi connectivity index (χ0v) is 12.1. The van der Waals surface area contributed by atoms with E-state index >= 15 is 0 Å². The van der Waals surface area contributed by atoms with E-state index in [-0.39, 0.29) is 5.91 Å². The van der Waals surface area contributed by atoms with Crippen LogP contribution >= 0.6 is 11.8 Å². The molecule has 1 heterocycles. The second-order valence-electron chi connectivity index (χ2n) is 4.34. The number of rotatable bonds is 5. The summed E-state index contributed by atoms with van der Waals surface area (Å²) >= 11 is 1.51. The van der Waals surface area contributed by atoms with Crippen molar-refractivity contribution in [2.45, 2.75) is 11.3 Å². The van der Waals surface area contributed by atoms with Crippen LogP contribution in [0.3, 0.4) is 0 Å². The molecule has 0 saturated carbocycles. The van der Waals surface area contributed by atoms with Gasteiger partial charge in [0.1, 0.15) is 0 Å². The van der Waals surface area contributed by atoms with Gasteiger partial charge in [0.25, 0.3) is 0 Å². The van der Waals surface area contributed by atoms with Crippen LogP contribution in [0.4, 0.5) is 0 Å². The molecule has 102 valence electrons. The maximum atomic E-state index is 11.9. The lowest BCUT2D eigenvalue weighted by molar-refractivity contribution is -0.127. The van der Waals surface area contributed by atoms with Crippen LogP contribution in [0.25, 0.3) is 10.9 Å². The van der Waals surface area contributed by atoms with Crippen LogP contribution in [0.5, 0.6) is 0 Å². The van der Waals surface area contributed by atoms with E-state index in [9.17, 15) is 4.79 Å². The van der Waals surface area contributed by atoms with E-state index in [1.165, 1.54) is 11.8 Å². The molecule has 1 aromatic carbocycles. The summed E-state index contributed by atoms with van der Waals surface area (Å²) in [6.07, 6.45) is 2.12. The van der Waals surface area contributed by atoms with Crippen LogP contribution in [0.1, 0.15) is 6.42 Å². The number of amides is 1. The highest BCUT2D eigenvalue weighted by Crippen LogP contribution is 2.26. The summed E-state index contributed by atoms with van der Waals surface area (Å²) in [4.78, 5) is 18.9. The van der Waals surface area contributed by atoms with E-state index in [2.05, 4.69) is 4.98 Å². The third kappa shape index (κ3) is 3.49. The number of aromatic nitrogens is 1. The lowest BCUT2D eigenvalue weighted by Gasteiger charge is -2.15. The number of pyridine rings is 1. The molecule has 0 unspecified atom stereocenters. The number of nitriles is 1. The number of thioether (sulfide) groups is 1. The molecule has 20 heavy (non-hydrogen) atoms. The van der Waals surface area contributed by atoms with Crippen molar-refractivity contribution in [3.05, 3.63) is 36.5 Å². The second-order valence-corrected chi connectivity index (χ2v) is 5.36. The SMILES string of the molecule is CN(CCC#N)C(=O)CSc1ccnc2ccccc12. The number of hydrogen-bond donors (Lipinski definition) is 0. The Morgan fingerprint density at radius 1 is 1.40 bits per heavy atom. The third-order valence-corrected chi connectivity index (χ3v) is 4.00. The van der Waals surface area contributed by atoms with Gasteiger partial charge in [0, 0.05) is 30.1 Å². The fraction of sp³-hybridized carbons (Fsp3) is 0.267. The van der Waals surface area contributed by atoms with E-state index in [0.717, 1.165) is 15.8 Å². The van der Waals surface area contributed by atoms with Crippen LogP contribution in [-0.4, -0.2) is 35.1 Å². The Kier molecular flexibility index (Phi) is 4.97. The average molecular weight is 285 g/mol. The minimum atomic E-state index is 0.0335. The fourth-order valence-electron chi connectivity index (χ4n) is 1.79. The summed E-state index contributed by atoms with van der Waals surface area (Å²) in [5.41, 5.74) is 0.933. The highest BCUT2D eigenvalue weighted by Gasteiger charge is 2.10. The van der Waals surface area contributed by atoms with E-state index in [4.69, 9.17) is 5.26 Å². The molecule has 0 N–H and O–H groups in total. The van der Waals surface area contributed by atoms with Crippen molar-refractivity contribution in [2.75, 3.05) is 19.3 Å². The minimum Gasteiger partial charge on any atom is -0.344 e. The fourth-order valence-corrected chi connectivity index (χ4v) is 2.77. The molecular weight excluding hydrogens is 270 g/mol. The third-order valence-electron chi connectivity index (χ3n) is 2.94. The molecule has 0 atom stereocenters. The number of nitrogens with zero attached hydrogens (tertiary/aromatic N) is 3. The van der Waals surface area contributed by atoms with Gasteiger partial charge in [-0.3, -0.25) is 9.78 Å². The monoisotopic (exact) mass is 285 g/mol. The Balaban J connectivity index is 2.03. The predicted octanol–water partition coefficient (Wildman–Crippen LogP) is 2.70. The number of fused-ring (bicyclic) bond motifs is 1. The summed E-state index contributed by atoms with van der Waals surface area (Å²) in [6, 6.07) is 11.9. The molecular formula is C15H15N3OS. The lowest BCUT2D eigenvalue weighted by atomic mass is 10.2. The van der Waals surface area contributed by atoms with Gasteiger partial charge in [0.05, 0.1) is 23.8 Å². The summed E-state index contributed by atoms with van der Waals surface area (Å²) in [7, 11) is 1.73. The standard InChI is InChI=1S/C15H15N3OS/c1-18(10-4-8-16)15(19)11-20-14-7-9-17-13-6-3-2-5-12(13)14/h2-3,5-7,9H,4,10-11H2,1H3.